The summed E-state index contributed by atoms with van der Waals surface area (Å²) in [4.78, 5) is 23.1. The molecule has 2 amide bonds. The molecule has 0 unspecified atom stereocenters. The molecule has 0 aromatic rings. The van der Waals surface area contributed by atoms with Gasteiger partial charge in [-0.05, 0) is 25.3 Å². The number of nitrogens with zero attached hydrogens (tertiary/aromatic N) is 1. The summed E-state index contributed by atoms with van der Waals surface area (Å²) >= 11 is 0. The monoisotopic (exact) mass is 224 g/mol. The Hall–Kier alpha value is -1.78. The van der Waals surface area contributed by atoms with Crippen LogP contribution in [0.4, 0.5) is 4.79 Å². The van der Waals surface area contributed by atoms with Gasteiger partial charge in [0.15, 0.2) is 0 Å². The Morgan fingerprint density at radius 2 is 2.12 bits per heavy atom. The molecule has 0 radical (unpaired) electrons. The highest BCUT2D eigenvalue weighted by Gasteiger charge is 2.17. The van der Waals surface area contributed by atoms with E-state index in [9.17, 15) is 9.59 Å². The first-order chi connectivity index (χ1) is 7.61. The molecule has 1 heterocycles. The number of amides is 2. The zero-order chi connectivity index (χ0) is 12.0. The van der Waals surface area contributed by atoms with Crippen LogP contribution in [0.1, 0.15) is 19.3 Å². The van der Waals surface area contributed by atoms with Gasteiger partial charge in [-0.2, -0.15) is 0 Å². The lowest BCUT2D eigenvalue weighted by Gasteiger charge is -2.16. The van der Waals surface area contributed by atoms with Crippen LogP contribution >= 0.6 is 0 Å². The molecule has 0 aromatic carbocycles. The first-order valence-corrected chi connectivity index (χ1v) is 5.26. The maximum Gasteiger partial charge on any atom is 0.404 e. The van der Waals surface area contributed by atoms with Crippen LogP contribution in [0.25, 0.3) is 0 Å². The predicted molar refractivity (Wildman–Crippen MR) is 59.9 cm³/mol. The summed E-state index contributed by atoms with van der Waals surface area (Å²) in [6.07, 6.45) is 4.74. The summed E-state index contributed by atoms with van der Waals surface area (Å²) in [5.74, 6) is -0.0198. The van der Waals surface area contributed by atoms with Crippen molar-refractivity contribution >= 4 is 12.0 Å². The Balaban J connectivity index is 2.05. The van der Waals surface area contributed by atoms with Gasteiger partial charge in [-0.15, -0.1) is 0 Å². The van der Waals surface area contributed by atoms with Crippen molar-refractivity contribution in [2.24, 2.45) is 0 Å². The normalized spacial score (nSPS) is 14.6. The van der Waals surface area contributed by atoms with Gasteiger partial charge in [0.05, 0.1) is 0 Å². The SMILES string of the molecule is C=C1C=CC(=O)N1CCCCCNC(=O)O. The topological polar surface area (TPSA) is 69.6 Å². The van der Waals surface area contributed by atoms with Crippen LogP contribution in [0.15, 0.2) is 24.4 Å². The van der Waals surface area contributed by atoms with Crippen molar-refractivity contribution in [1.82, 2.24) is 10.2 Å². The van der Waals surface area contributed by atoms with E-state index < -0.39 is 6.09 Å². The molecular weight excluding hydrogens is 208 g/mol. The van der Waals surface area contributed by atoms with Crippen molar-refractivity contribution in [2.45, 2.75) is 19.3 Å². The Bertz CT molecular complexity index is 305. The standard InChI is InChI=1S/C11H16N2O3/c1-9-5-6-10(14)13(9)8-4-2-3-7-12-11(15)16/h5-6,12H,1-4,7-8H2,(H,15,16). The first-order valence-electron chi connectivity index (χ1n) is 5.26. The molecule has 1 rings (SSSR count). The number of unbranched alkanes of at least 4 members (excludes halogenated alkanes) is 2. The van der Waals surface area contributed by atoms with Gasteiger partial charge in [-0.3, -0.25) is 4.79 Å². The van der Waals surface area contributed by atoms with Crippen LogP contribution in [0.3, 0.4) is 0 Å². The zero-order valence-corrected chi connectivity index (χ0v) is 9.11. The van der Waals surface area contributed by atoms with Crippen LogP contribution in [0, 0.1) is 0 Å². The molecule has 16 heavy (non-hydrogen) atoms. The maximum atomic E-state index is 11.3. The van der Waals surface area contributed by atoms with Crippen LogP contribution in [0.5, 0.6) is 0 Å². The quantitative estimate of drug-likeness (QED) is 0.669. The molecule has 0 aliphatic carbocycles. The highest BCUT2D eigenvalue weighted by atomic mass is 16.4. The second-order valence-corrected chi connectivity index (χ2v) is 3.61. The second-order valence-electron chi connectivity index (χ2n) is 3.61. The Morgan fingerprint density at radius 3 is 2.69 bits per heavy atom. The molecule has 0 spiro atoms. The van der Waals surface area contributed by atoms with E-state index in [1.54, 1.807) is 11.0 Å². The number of carbonyl (C=O) groups is 2. The third-order valence-corrected chi connectivity index (χ3v) is 2.37. The molecule has 0 saturated heterocycles. The number of hydrogen-bond donors (Lipinski definition) is 2. The fourth-order valence-electron chi connectivity index (χ4n) is 1.51. The lowest BCUT2D eigenvalue weighted by atomic mass is 10.2. The van der Waals surface area contributed by atoms with E-state index in [1.807, 2.05) is 0 Å². The van der Waals surface area contributed by atoms with Crippen LogP contribution in [-0.4, -0.2) is 35.1 Å². The maximum absolute atomic E-state index is 11.3. The molecule has 1 aliphatic rings. The average molecular weight is 224 g/mol. The molecule has 5 nitrogen and oxygen atoms in total. The molecule has 5 heteroatoms. The van der Waals surface area contributed by atoms with Gasteiger partial charge in [0.1, 0.15) is 0 Å². The zero-order valence-electron chi connectivity index (χ0n) is 9.11. The number of allylic oxidation sites excluding steroid dienone is 1. The van der Waals surface area contributed by atoms with E-state index in [0.717, 1.165) is 25.0 Å². The molecular formula is C11H16N2O3. The van der Waals surface area contributed by atoms with Crippen molar-refractivity contribution in [2.75, 3.05) is 13.1 Å². The minimum absolute atomic E-state index is 0.0198. The third-order valence-electron chi connectivity index (χ3n) is 2.37. The molecule has 0 atom stereocenters. The first kappa shape index (κ1) is 12.3. The van der Waals surface area contributed by atoms with E-state index in [-0.39, 0.29) is 5.91 Å². The van der Waals surface area contributed by atoms with Gasteiger partial charge in [-0.25, -0.2) is 4.79 Å². The highest BCUT2D eigenvalue weighted by Crippen LogP contribution is 2.13. The number of rotatable bonds is 6. The molecule has 0 fully saturated rings. The summed E-state index contributed by atoms with van der Waals surface area (Å²) in [7, 11) is 0. The van der Waals surface area contributed by atoms with Gasteiger partial charge < -0.3 is 15.3 Å². The number of nitrogens with one attached hydrogen (secondary N) is 1. The molecule has 88 valence electrons. The van der Waals surface area contributed by atoms with Crippen molar-refractivity contribution in [3.8, 4) is 0 Å². The number of hydrogen-bond acceptors (Lipinski definition) is 2. The lowest BCUT2D eigenvalue weighted by molar-refractivity contribution is -0.123. The fourth-order valence-corrected chi connectivity index (χ4v) is 1.51. The molecule has 2 N–H and O–H groups in total. The molecule has 1 aliphatic heterocycles. The van der Waals surface area contributed by atoms with E-state index in [2.05, 4.69) is 11.9 Å². The van der Waals surface area contributed by atoms with E-state index in [0.29, 0.717) is 13.1 Å². The van der Waals surface area contributed by atoms with E-state index in [4.69, 9.17) is 5.11 Å². The predicted octanol–water partition coefficient (Wildman–Crippen LogP) is 1.34. The van der Waals surface area contributed by atoms with Crippen molar-refractivity contribution in [1.29, 1.82) is 0 Å². The van der Waals surface area contributed by atoms with Crippen LogP contribution < -0.4 is 5.32 Å². The third kappa shape index (κ3) is 3.76. The van der Waals surface area contributed by atoms with Gasteiger partial charge in [0.2, 0.25) is 0 Å². The Kier molecular flexibility index (Phi) is 4.57. The largest absolute Gasteiger partial charge is 0.465 e. The second kappa shape index (κ2) is 5.95. The minimum atomic E-state index is -0.993. The van der Waals surface area contributed by atoms with Crippen molar-refractivity contribution < 1.29 is 14.7 Å². The van der Waals surface area contributed by atoms with Gasteiger partial charge in [-0.1, -0.05) is 6.58 Å². The van der Waals surface area contributed by atoms with Gasteiger partial charge in [0.25, 0.3) is 5.91 Å². The Morgan fingerprint density at radius 1 is 1.38 bits per heavy atom. The van der Waals surface area contributed by atoms with Crippen LogP contribution in [0.2, 0.25) is 0 Å². The summed E-state index contributed by atoms with van der Waals surface area (Å²) in [5.41, 5.74) is 0.730. The van der Waals surface area contributed by atoms with E-state index >= 15 is 0 Å². The molecule has 0 bridgehead atoms. The lowest BCUT2D eigenvalue weighted by Crippen LogP contribution is -2.25. The van der Waals surface area contributed by atoms with Crippen molar-refractivity contribution in [3.63, 3.8) is 0 Å². The summed E-state index contributed by atoms with van der Waals surface area (Å²) in [6, 6.07) is 0. The molecule has 0 saturated carbocycles. The fraction of sp³-hybridized carbons (Fsp3) is 0.455. The van der Waals surface area contributed by atoms with Crippen LogP contribution in [-0.2, 0) is 4.79 Å². The van der Waals surface area contributed by atoms with Crippen molar-refractivity contribution in [3.05, 3.63) is 24.4 Å². The summed E-state index contributed by atoms with van der Waals surface area (Å²) in [6.45, 7) is 4.86. The summed E-state index contributed by atoms with van der Waals surface area (Å²) in [5, 5.41) is 10.6. The number of carbonyl (C=O) groups excluding carboxylic acids is 1. The van der Waals surface area contributed by atoms with Gasteiger partial charge >= 0.3 is 6.09 Å². The Labute approximate surface area is 94.4 Å². The summed E-state index contributed by atoms with van der Waals surface area (Å²) < 4.78 is 0. The highest BCUT2D eigenvalue weighted by molar-refractivity contribution is 5.92. The van der Waals surface area contributed by atoms with E-state index in [1.165, 1.54) is 6.08 Å². The number of carboxylic acid groups (broad SMARTS) is 1. The minimum Gasteiger partial charge on any atom is -0.465 e. The average Bonchev–Trinajstić information content (AvgIpc) is 2.53. The van der Waals surface area contributed by atoms with Gasteiger partial charge in [0, 0.05) is 24.9 Å². The molecule has 0 aromatic heterocycles. The smallest absolute Gasteiger partial charge is 0.404 e.